The minimum absolute atomic E-state index is 0.873. The van der Waals surface area contributed by atoms with Gasteiger partial charge in [0.05, 0.1) is 21.0 Å². The molecule has 0 aliphatic carbocycles. The zero-order valence-corrected chi connectivity index (χ0v) is 13.7. The van der Waals surface area contributed by atoms with Crippen molar-refractivity contribution in [3.63, 3.8) is 0 Å². The fourth-order valence-corrected chi connectivity index (χ4v) is 1.83. The van der Waals surface area contributed by atoms with Gasteiger partial charge in [0.1, 0.15) is 5.75 Å². The number of aryl methyl sites for hydroxylation is 2. The van der Waals surface area contributed by atoms with E-state index in [1.165, 1.54) is 0 Å². The van der Waals surface area contributed by atoms with Gasteiger partial charge in [-0.2, -0.15) is 0 Å². The van der Waals surface area contributed by atoms with Crippen molar-refractivity contribution in [3.05, 3.63) is 59.0 Å². The average molecular weight is 341 g/mol. The molecule has 0 saturated heterocycles. The van der Waals surface area contributed by atoms with E-state index in [0.29, 0.717) is 0 Å². The molecule has 0 unspecified atom stereocenters. The molecule has 124 valence electrons. The van der Waals surface area contributed by atoms with Gasteiger partial charge in [-0.15, -0.1) is 10.2 Å². The molecule has 0 saturated carbocycles. The molecule has 1 heterocycles. The summed E-state index contributed by atoms with van der Waals surface area (Å²) in [6.07, 6.45) is 4.16. The predicted octanol–water partition coefficient (Wildman–Crippen LogP) is -0.399. The van der Waals surface area contributed by atoms with Crippen LogP contribution >= 0.6 is 0 Å². The first-order valence-electron chi connectivity index (χ1n) is 6.52. The van der Waals surface area contributed by atoms with E-state index in [1.807, 2.05) is 50.2 Å². The first-order chi connectivity index (χ1) is 10.7. The topological polar surface area (TPSA) is 113 Å². The minimum atomic E-state index is -4.94. The second-order valence-electron chi connectivity index (χ2n) is 4.60. The zero-order valence-electron chi connectivity index (χ0n) is 12.9. The van der Waals surface area contributed by atoms with E-state index in [9.17, 15) is 0 Å². The summed E-state index contributed by atoms with van der Waals surface area (Å²) in [6, 6.07) is 12.0. The van der Waals surface area contributed by atoms with Crippen LogP contribution in [0.3, 0.4) is 0 Å². The maximum atomic E-state index is 8.49. The third-order valence-corrected chi connectivity index (χ3v) is 2.65. The van der Waals surface area contributed by atoms with E-state index in [-0.39, 0.29) is 0 Å². The van der Waals surface area contributed by atoms with Gasteiger partial charge in [-0.05, 0) is 23.3 Å². The van der Waals surface area contributed by atoms with Crippen molar-refractivity contribution in [2.75, 3.05) is 7.11 Å². The second-order valence-corrected chi connectivity index (χ2v) is 5.35. The van der Waals surface area contributed by atoms with Crippen LogP contribution in [0, 0.1) is 24.1 Å². The SMILES string of the molecule is COc1ccc(/C=C/c2cc(C)[o+]c(C)c2)cc1.[O-][Cl+3]([O-])([O-])[O-]. The molecular weight excluding hydrogens is 324 g/mol. The lowest BCUT2D eigenvalue weighted by molar-refractivity contribution is -2.00. The van der Waals surface area contributed by atoms with Crippen LogP contribution in [0.4, 0.5) is 0 Å². The number of rotatable bonds is 3. The molecule has 7 heteroatoms. The highest BCUT2D eigenvalue weighted by Gasteiger charge is 2.05. The lowest BCUT2D eigenvalue weighted by atomic mass is 10.1. The van der Waals surface area contributed by atoms with Gasteiger partial charge in [0.15, 0.2) is 0 Å². The van der Waals surface area contributed by atoms with Gasteiger partial charge in [-0.25, -0.2) is 23.1 Å². The summed E-state index contributed by atoms with van der Waals surface area (Å²) in [5.74, 6) is 2.71. The summed E-state index contributed by atoms with van der Waals surface area (Å²) in [4.78, 5) is 0. The van der Waals surface area contributed by atoms with Gasteiger partial charge in [-0.3, -0.25) is 0 Å². The fourth-order valence-electron chi connectivity index (χ4n) is 1.83. The van der Waals surface area contributed by atoms with Gasteiger partial charge in [0, 0.05) is 12.1 Å². The Morgan fingerprint density at radius 2 is 1.30 bits per heavy atom. The van der Waals surface area contributed by atoms with Crippen LogP contribution in [0.25, 0.3) is 12.2 Å². The lowest BCUT2D eigenvalue weighted by Gasteiger charge is -2.17. The smallest absolute Gasteiger partial charge is 0.327 e. The van der Waals surface area contributed by atoms with Crippen molar-refractivity contribution < 1.29 is 38.0 Å². The van der Waals surface area contributed by atoms with E-state index in [0.717, 1.165) is 28.4 Å². The van der Waals surface area contributed by atoms with E-state index in [2.05, 4.69) is 12.2 Å². The second kappa shape index (κ2) is 8.61. The van der Waals surface area contributed by atoms with Crippen LogP contribution in [0.2, 0.25) is 0 Å². The van der Waals surface area contributed by atoms with E-state index >= 15 is 0 Å². The summed E-state index contributed by atoms with van der Waals surface area (Å²) in [6.45, 7) is 3.91. The largest absolute Gasteiger partial charge is 0.497 e. The molecule has 0 spiro atoms. The normalized spacial score (nSPS) is 11.1. The molecule has 0 aliphatic heterocycles. The monoisotopic (exact) mass is 340 g/mol. The van der Waals surface area contributed by atoms with Gasteiger partial charge < -0.3 is 4.74 Å². The van der Waals surface area contributed by atoms with Gasteiger partial charge in [0.2, 0.25) is 0 Å². The van der Waals surface area contributed by atoms with Crippen molar-refractivity contribution in [2.45, 2.75) is 13.8 Å². The van der Waals surface area contributed by atoms with Crippen LogP contribution in [0.1, 0.15) is 22.6 Å². The van der Waals surface area contributed by atoms with E-state index < -0.39 is 10.2 Å². The first kappa shape index (κ1) is 19.1. The third kappa shape index (κ3) is 8.92. The van der Waals surface area contributed by atoms with Gasteiger partial charge in [-0.1, -0.05) is 24.3 Å². The summed E-state index contributed by atoms with van der Waals surface area (Å²) in [5.41, 5.74) is 2.29. The number of hydrogen-bond acceptors (Lipinski definition) is 5. The summed E-state index contributed by atoms with van der Waals surface area (Å²) >= 11 is 0. The van der Waals surface area contributed by atoms with E-state index in [4.69, 9.17) is 27.8 Å². The molecule has 0 bridgehead atoms. The molecule has 6 nitrogen and oxygen atoms in total. The Balaban J connectivity index is 0.000000463. The van der Waals surface area contributed by atoms with Crippen molar-refractivity contribution in [1.29, 1.82) is 0 Å². The maximum Gasteiger partial charge on any atom is 0.327 e. The van der Waals surface area contributed by atoms with Gasteiger partial charge >= 0.3 is 11.5 Å². The summed E-state index contributed by atoms with van der Waals surface area (Å²) < 4.78 is 44.5. The highest BCUT2D eigenvalue weighted by molar-refractivity contribution is 5.69. The Morgan fingerprint density at radius 3 is 1.74 bits per heavy atom. The van der Waals surface area contributed by atoms with Crippen LogP contribution in [-0.2, 0) is 0 Å². The van der Waals surface area contributed by atoms with Crippen molar-refractivity contribution in [3.8, 4) is 5.75 Å². The van der Waals surface area contributed by atoms with Crippen molar-refractivity contribution in [2.24, 2.45) is 0 Å². The van der Waals surface area contributed by atoms with Crippen LogP contribution in [-0.4, -0.2) is 7.11 Å². The quantitative estimate of drug-likeness (QED) is 0.702. The Hall–Kier alpha value is -1.96. The number of ether oxygens (including phenoxy) is 1. The Bertz CT molecular complexity index is 620. The minimum Gasteiger partial charge on any atom is -0.497 e. The maximum absolute atomic E-state index is 8.49. The lowest BCUT2D eigenvalue weighted by Crippen LogP contribution is -2.68. The van der Waals surface area contributed by atoms with Crippen molar-refractivity contribution >= 4 is 12.2 Å². The molecule has 2 aromatic rings. The summed E-state index contributed by atoms with van der Waals surface area (Å²) in [7, 11) is -3.27. The molecule has 0 atom stereocenters. The first-order valence-corrected chi connectivity index (χ1v) is 7.76. The summed E-state index contributed by atoms with van der Waals surface area (Å²) in [5, 5.41) is 0. The Morgan fingerprint density at radius 1 is 0.870 bits per heavy atom. The number of benzene rings is 1. The highest BCUT2D eigenvalue weighted by Crippen LogP contribution is 2.15. The molecule has 23 heavy (non-hydrogen) atoms. The molecular formula is C16H17ClO6. The molecule has 2 rings (SSSR count). The van der Waals surface area contributed by atoms with E-state index in [1.54, 1.807) is 7.11 Å². The van der Waals surface area contributed by atoms with Gasteiger partial charge in [0.25, 0.3) is 0 Å². The average Bonchev–Trinajstić information content (AvgIpc) is 2.43. The standard InChI is InChI=1S/C16H17O2.ClHO4/c1-12-10-15(11-13(2)18-12)5-4-14-6-8-16(17-3)9-7-14;2-1(3,4)5/h4-11H,1-3H3;(H,2,3,4,5)/q+1;/p-1/b5-4+;. The van der Waals surface area contributed by atoms with Crippen LogP contribution in [0.5, 0.6) is 5.75 Å². The number of hydrogen-bond donors (Lipinski definition) is 0. The van der Waals surface area contributed by atoms with Crippen molar-refractivity contribution in [1.82, 2.24) is 0 Å². The zero-order chi connectivity index (χ0) is 17.5. The third-order valence-electron chi connectivity index (χ3n) is 2.65. The Kier molecular flexibility index (Phi) is 7.15. The fraction of sp³-hybridized carbons (Fsp3) is 0.188. The molecule has 1 aromatic carbocycles. The predicted molar refractivity (Wildman–Crippen MR) is 74.5 cm³/mol. The Labute approximate surface area is 136 Å². The molecule has 0 fully saturated rings. The van der Waals surface area contributed by atoms with Crippen LogP contribution < -0.4 is 23.4 Å². The molecule has 0 amide bonds. The van der Waals surface area contributed by atoms with Crippen LogP contribution in [0.15, 0.2) is 40.8 Å². The number of methoxy groups -OCH3 is 1. The molecule has 1 aromatic heterocycles. The highest BCUT2D eigenvalue weighted by atomic mass is 35.7. The molecule has 0 N–H and O–H groups in total. The molecule has 0 aliphatic rings. The number of halogens is 1. The molecule has 0 radical (unpaired) electrons.